The van der Waals surface area contributed by atoms with Crippen molar-refractivity contribution in [3.05, 3.63) is 71.8 Å². The molecule has 0 radical (unpaired) electrons. The molecule has 0 saturated carbocycles. The normalized spacial score (nSPS) is 18.6. The van der Waals surface area contributed by atoms with Crippen LogP contribution in [0.4, 0.5) is 0 Å². The second kappa shape index (κ2) is 10.3. The lowest BCUT2D eigenvalue weighted by atomic mass is 9.93. The van der Waals surface area contributed by atoms with Gasteiger partial charge in [0.25, 0.3) is 0 Å². The molecule has 4 heteroatoms. The first kappa shape index (κ1) is 20.5. The number of benzene rings is 2. The first-order valence-electron chi connectivity index (χ1n) is 9.24. The number of esters is 1. The second-order valence-corrected chi connectivity index (χ2v) is 6.91. The summed E-state index contributed by atoms with van der Waals surface area (Å²) in [5, 5.41) is 0. The van der Waals surface area contributed by atoms with Crippen molar-refractivity contribution in [1.29, 1.82) is 0 Å². The topological polar surface area (TPSA) is 29.5 Å². The first-order chi connectivity index (χ1) is 12.2. The molecule has 1 fully saturated rings. The summed E-state index contributed by atoms with van der Waals surface area (Å²) < 4.78 is 5.72. The highest BCUT2D eigenvalue weighted by Gasteiger charge is 2.27. The van der Waals surface area contributed by atoms with Gasteiger partial charge in [-0.15, -0.1) is 12.4 Å². The van der Waals surface area contributed by atoms with Crippen LogP contribution in [0.25, 0.3) is 0 Å². The average Bonchev–Trinajstić information content (AvgIpc) is 2.68. The number of piperidine rings is 1. The molecule has 2 atom stereocenters. The van der Waals surface area contributed by atoms with E-state index in [-0.39, 0.29) is 24.5 Å². The van der Waals surface area contributed by atoms with Crippen LogP contribution >= 0.6 is 12.4 Å². The van der Waals surface area contributed by atoms with E-state index in [9.17, 15) is 4.79 Å². The van der Waals surface area contributed by atoms with Crippen LogP contribution in [-0.2, 0) is 11.2 Å². The largest absolute Gasteiger partial charge is 0.459 e. The van der Waals surface area contributed by atoms with Gasteiger partial charge < -0.3 is 9.64 Å². The van der Waals surface area contributed by atoms with Crippen molar-refractivity contribution in [1.82, 2.24) is 4.90 Å². The van der Waals surface area contributed by atoms with Gasteiger partial charge in [0.1, 0.15) is 6.10 Å². The molecule has 1 heterocycles. The van der Waals surface area contributed by atoms with E-state index in [4.69, 9.17) is 4.74 Å². The maximum absolute atomic E-state index is 12.3. The molecule has 0 bridgehead atoms. The number of carbonyl (C=O) groups excluding carboxylic acids is 1. The number of hydrogen-bond acceptors (Lipinski definition) is 3. The smallest absolute Gasteiger partial charge is 0.338 e. The summed E-state index contributed by atoms with van der Waals surface area (Å²) in [7, 11) is 0. The fourth-order valence-electron chi connectivity index (χ4n) is 3.52. The van der Waals surface area contributed by atoms with Crippen LogP contribution in [0.15, 0.2) is 60.7 Å². The average molecular weight is 374 g/mol. The van der Waals surface area contributed by atoms with Crippen molar-refractivity contribution < 1.29 is 9.53 Å². The highest BCUT2D eigenvalue weighted by molar-refractivity contribution is 5.89. The Morgan fingerprint density at radius 1 is 1.12 bits per heavy atom. The summed E-state index contributed by atoms with van der Waals surface area (Å²) in [5.74, 6) is 0.201. The zero-order valence-corrected chi connectivity index (χ0v) is 16.2. The Bertz CT molecular complexity index is 662. The zero-order valence-electron chi connectivity index (χ0n) is 15.3. The van der Waals surface area contributed by atoms with Gasteiger partial charge in [0, 0.05) is 19.0 Å². The lowest BCUT2D eigenvalue weighted by Gasteiger charge is -2.35. The molecule has 3 rings (SSSR count). The fraction of sp³-hybridized carbons (Fsp3) is 0.409. The number of likely N-dealkylation sites (tertiary alicyclic amines) is 1. The maximum Gasteiger partial charge on any atom is 0.338 e. The summed E-state index contributed by atoms with van der Waals surface area (Å²) in [6, 6.07) is 19.9. The molecule has 2 unspecified atom stereocenters. The Balaban J connectivity index is 0.00000243. The van der Waals surface area contributed by atoms with Crippen molar-refractivity contribution in [2.45, 2.75) is 32.3 Å². The van der Waals surface area contributed by atoms with E-state index in [1.165, 1.54) is 12.0 Å². The highest BCUT2D eigenvalue weighted by Crippen LogP contribution is 2.22. The lowest BCUT2D eigenvalue weighted by molar-refractivity contribution is 0.00550. The molecule has 1 aliphatic heterocycles. The van der Waals surface area contributed by atoms with E-state index in [0.29, 0.717) is 11.5 Å². The number of carbonyl (C=O) groups is 1. The molecule has 0 spiro atoms. The molecule has 2 aromatic carbocycles. The number of halogens is 1. The van der Waals surface area contributed by atoms with E-state index in [1.807, 2.05) is 37.3 Å². The van der Waals surface area contributed by atoms with Gasteiger partial charge >= 0.3 is 5.97 Å². The van der Waals surface area contributed by atoms with Crippen molar-refractivity contribution >= 4 is 18.4 Å². The number of ether oxygens (including phenoxy) is 1. The Hall–Kier alpha value is -1.84. The van der Waals surface area contributed by atoms with Gasteiger partial charge in [-0.1, -0.05) is 48.5 Å². The Kier molecular flexibility index (Phi) is 8.14. The van der Waals surface area contributed by atoms with Crippen LogP contribution in [0.1, 0.15) is 35.7 Å². The number of nitrogens with zero attached hydrogens (tertiary/aromatic N) is 1. The summed E-state index contributed by atoms with van der Waals surface area (Å²) in [4.78, 5) is 14.8. The van der Waals surface area contributed by atoms with E-state index in [0.717, 1.165) is 32.5 Å². The number of rotatable bonds is 6. The minimum absolute atomic E-state index is 0. The second-order valence-electron chi connectivity index (χ2n) is 6.91. The molecule has 0 amide bonds. The molecule has 1 saturated heterocycles. The van der Waals surface area contributed by atoms with Gasteiger partial charge in [-0.25, -0.2) is 4.79 Å². The van der Waals surface area contributed by atoms with Crippen molar-refractivity contribution in [3.8, 4) is 0 Å². The van der Waals surface area contributed by atoms with Crippen LogP contribution in [0.2, 0.25) is 0 Å². The molecule has 3 nitrogen and oxygen atoms in total. The fourth-order valence-corrected chi connectivity index (χ4v) is 3.52. The van der Waals surface area contributed by atoms with Crippen molar-refractivity contribution in [3.63, 3.8) is 0 Å². The summed E-state index contributed by atoms with van der Waals surface area (Å²) in [6.45, 7) is 5.25. The number of hydrogen-bond donors (Lipinski definition) is 0. The van der Waals surface area contributed by atoms with Gasteiger partial charge in [-0.05, 0) is 50.4 Å². The molecule has 140 valence electrons. The molecule has 0 aromatic heterocycles. The molecule has 0 aliphatic carbocycles. The summed E-state index contributed by atoms with van der Waals surface area (Å²) in [6.07, 6.45) is 3.33. The van der Waals surface area contributed by atoms with Crippen LogP contribution in [-0.4, -0.2) is 36.6 Å². The Labute approximate surface area is 162 Å². The van der Waals surface area contributed by atoms with E-state index < -0.39 is 0 Å². The third-order valence-electron chi connectivity index (χ3n) is 5.07. The molecular formula is C22H28ClNO2. The Morgan fingerprint density at radius 3 is 2.46 bits per heavy atom. The summed E-state index contributed by atoms with van der Waals surface area (Å²) >= 11 is 0. The van der Waals surface area contributed by atoms with Gasteiger partial charge in [0.15, 0.2) is 0 Å². The third kappa shape index (κ3) is 5.86. The van der Waals surface area contributed by atoms with Crippen LogP contribution < -0.4 is 0 Å². The maximum atomic E-state index is 12.3. The van der Waals surface area contributed by atoms with Gasteiger partial charge in [-0.3, -0.25) is 0 Å². The first-order valence-corrected chi connectivity index (χ1v) is 9.24. The van der Waals surface area contributed by atoms with Crippen LogP contribution in [0.5, 0.6) is 0 Å². The van der Waals surface area contributed by atoms with Gasteiger partial charge in [-0.2, -0.15) is 0 Å². The predicted octanol–water partition coefficient (Wildman–Crippen LogP) is 4.61. The monoisotopic (exact) mass is 373 g/mol. The molecule has 1 aliphatic rings. The highest BCUT2D eigenvalue weighted by atomic mass is 35.5. The molecule has 2 aromatic rings. The van der Waals surface area contributed by atoms with Gasteiger partial charge in [0.05, 0.1) is 5.56 Å². The van der Waals surface area contributed by atoms with Gasteiger partial charge in [0.2, 0.25) is 0 Å². The molecule has 0 N–H and O–H groups in total. The van der Waals surface area contributed by atoms with E-state index in [1.54, 1.807) is 0 Å². The molecule has 26 heavy (non-hydrogen) atoms. The standard InChI is InChI=1S/C22H27NO2.ClH/c1-18(25-22(24)20-11-6-3-7-12-20)21-13-8-15-23(17-21)16-14-19-9-4-2-5-10-19;/h2-7,9-12,18,21H,8,13-17H2,1H3;1H. The quantitative estimate of drug-likeness (QED) is 0.692. The van der Waals surface area contributed by atoms with Crippen LogP contribution in [0, 0.1) is 5.92 Å². The lowest BCUT2D eigenvalue weighted by Crippen LogP contribution is -2.41. The minimum Gasteiger partial charge on any atom is -0.459 e. The predicted molar refractivity (Wildman–Crippen MR) is 108 cm³/mol. The third-order valence-corrected chi connectivity index (χ3v) is 5.07. The SMILES string of the molecule is CC(OC(=O)c1ccccc1)C1CCCN(CCc2ccccc2)C1.Cl. The minimum atomic E-state index is -0.213. The van der Waals surface area contributed by atoms with Crippen molar-refractivity contribution in [2.24, 2.45) is 5.92 Å². The Morgan fingerprint density at radius 2 is 1.77 bits per heavy atom. The van der Waals surface area contributed by atoms with E-state index >= 15 is 0 Å². The van der Waals surface area contributed by atoms with E-state index in [2.05, 4.69) is 35.2 Å². The van der Waals surface area contributed by atoms with Crippen molar-refractivity contribution in [2.75, 3.05) is 19.6 Å². The van der Waals surface area contributed by atoms with Crippen LogP contribution in [0.3, 0.4) is 0 Å². The zero-order chi connectivity index (χ0) is 17.5. The molecular weight excluding hydrogens is 346 g/mol. The summed E-state index contributed by atoms with van der Waals surface area (Å²) in [5.41, 5.74) is 2.01.